The molecule has 0 radical (unpaired) electrons. The first-order valence-electron chi connectivity index (χ1n) is 18.7. The zero-order valence-corrected chi connectivity index (χ0v) is 32.5. The molecule has 0 bridgehead atoms. The second-order valence-electron chi connectivity index (χ2n) is 12.7. The van der Waals surface area contributed by atoms with Gasteiger partial charge in [-0.2, -0.15) is 0 Å². The van der Waals surface area contributed by atoms with Gasteiger partial charge in [0.25, 0.3) is 0 Å². The van der Waals surface area contributed by atoms with E-state index in [-0.39, 0.29) is 13.0 Å². The van der Waals surface area contributed by atoms with Crippen LogP contribution in [0.1, 0.15) is 37.8 Å². The quantitative estimate of drug-likeness (QED) is 0.0257. The maximum absolute atomic E-state index is 12.9. The second-order valence-corrected chi connectivity index (χ2v) is 12.7. The topological polar surface area (TPSA) is 275 Å². The molecule has 0 fully saturated rings. The molecule has 0 saturated carbocycles. The van der Waals surface area contributed by atoms with E-state index in [4.69, 9.17) is 34.9 Å². The van der Waals surface area contributed by atoms with Gasteiger partial charge in [-0.3, -0.25) is 19.2 Å². The molecule has 0 saturated heterocycles. The van der Waals surface area contributed by atoms with Gasteiger partial charge >= 0.3 is 12.0 Å². The minimum Gasteiger partial charge on any atom is -0.491 e. The lowest BCUT2D eigenvalue weighted by Gasteiger charge is -2.20. The number of hydrogen-bond donors (Lipinski definition) is 6. The average molecular weight is 809 g/mol. The Bertz CT molecular complexity index is 1820. The summed E-state index contributed by atoms with van der Waals surface area (Å²) in [5.41, 5.74) is 15.6. The van der Waals surface area contributed by atoms with E-state index in [1.54, 1.807) is 12.1 Å². The number of carbonyl (C=O) groups is 5. The molecule has 314 valence electrons. The van der Waals surface area contributed by atoms with Crippen molar-refractivity contribution in [3.05, 3.63) is 76.7 Å². The molecule has 0 spiro atoms. The smallest absolute Gasteiger partial charge is 0.312 e. The molecule has 0 aliphatic heterocycles. The number of benzene rings is 3. The number of carboxylic acids is 1. The Kier molecular flexibility index (Phi) is 21.4. The number of aliphatic carboxylic acids is 1. The van der Waals surface area contributed by atoms with Crippen molar-refractivity contribution in [2.45, 2.75) is 38.3 Å². The molecule has 3 aromatic rings. The van der Waals surface area contributed by atoms with E-state index >= 15 is 0 Å². The van der Waals surface area contributed by atoms with Crippen LogP contribution in [-0.4, -0.2) is 120 Å². The van der Waals surface area contributed by atoms with Gasteiger partial charge < -0.3 is 55.8 Å². The first-order valence-corrected chi connectivity index (χ1v) is 18.7. The number of amides is 5. The molecule has 0 unspecified atom stereocenters. The largest absolute Gasteiger partial charge is 0.491 e. The predicted molar refractivity (Wildman–Crippen MR) is 213 cm³/mol. The Hall–Kier alpha value is -5.98. The standard InChI is InChI=1S/C39H52N8O11/c1-27(48)45-33(7-4-14-42-39(40)53)38(52)43-26-36(49)46-34(25-37(50)51)29-10-8-28(9-11-29)30-12-13-35(32-6-3-2-5-31(30)32)58-24-23-57-22-21-56-20-19-55-18-17-54-16-15-44-47-41/h2-3,5-6,8-13,33-34H,4,7,14-26H2,1H3,(H,43,52)(H,45,48)(H,46,49)(H,50,51)(H3,40,42,53)/t33-,34-/m0/s1. The summed E-state index contributed by atoms with van der Waals surface area (Å²) < 4.78 is 27.9. The highest BCUT2D eigenvalue weighted by molar-refractivity contribution is 6.00. The number of fused-ring (bicyclic) bond motifs is 1. The monoisotopic (exact) mass is 808 g/mol. The average Bonchev–Trinajstić information content (AvgIpc) is 3.20. The Morgan fingerprint density at radius 2 is 1.41 bits per heavy atom. The maximum Gasteiger partial charge on any atom is 0.312 e. The van der Waals surface area contributed by atoms with Gasteiger partial charge in [-0.25, -0.2) is 4.79 Å². The van der Waals surface area contributed by atoms with E-state index < -0.39 is 54.8 Å². The summed E-state index contributed by atoms with van der Waals surface area (Å²) in [6.07, 6.45) is 0.118. The fourth-order valence-electron chi connectivity index (χ4n) is 5.66. The van der Waals surface area contributed by atoms with E-state index in [1.165, 1.54) is 6.92 Å². The Labute approximate surface area is 335 Å². The molecular formula is C39H52N8O11. The molecule has 0 aromatic heterocycles. The number of carboxylic acid groups (broad SMARTS) is 1. The second kappa shape index (κ2) is 26.8. The van der Waals surface area contributed by atoms with Gasteiger partial charge in [0.05, 0.1) is 71.9 Å². The molecule has 3 rings (SSSR count). The van der Waals surface area contributed by atoms with Crippen molar-refractivity contribution in [3.63, 3.8) is 0 Å². The van der Waals surface area contributed by atoms with Crippen LogP contribution in [0.4, 0.5) is 4.79 Å². The van der Waals surface area contributed by atoms with Crippen molar-refractivity contribution in [1.29, 1.82) is 0 Å². The van der Waals surface area contributed by atoms with Crippen LogP contribution in [0, 0.1) is 0 Å². The number of azide groups is 1. The molecule has 58 heavy (non-hydrogen) atoms. The fraction of sp³-hybridized carbons (Fsp3) is 0.462. The number of nitrogens with zero attached hydrogens (tertiary/aromatic N) is 3. The van der Waals surface area contributed by atoms with Crippen molar-refractivity contribution in [2.75, 3.05) is 79.1 Å². The first kappa shape index (κ1) is 46.4. The molecule has 2 atom stereocenters. The summed E-state index contributed by atoms with van der Waals surface area (Å²) in [6.45, 7) is 4.82. The molecule has 0 aliphatic carbocycles. The third-order valence-electron chi connectivity index (χ3n) is 8.31. The third-order valence-corrected chi connectivity index (χ3v) is 8.31. The van der Waals surface area contributed by atoms with E-state index in [0.717, 1.165) is 21.9 Å². The van der Waals surface area contributed by atoms with Gasteiger partial charge in [-0.05, 0) is 46.5 Å². The zero-order valence-electron chi connectivity index (χ0n) is 32.5. The number of urea groups is 1. The predicted octanol–water partition coefficient (Wildman–Crippen LogP) is 2.96. The van der Waals surface area contributed by atoms with Crippen LogP contribution in [0.25, 0.3) is 32.3 Å². The Balaban J connectivity index is 1.49. The molecule has 7 N–H and O–H groups in total. The normalized spacial score (nSPS) is 11.8. The molecule has 19 heteroatoms. The van der Waals surface area contributed by atoms with Crippen LogP contribution >= 0.6 is 0 Å². The van der Waals surface area contributed by atoms with Gasteiger partial charge in [-0.15, -0.1) is 0 Å². The summed E-state index contributed by atoms with van der Waals surface area (Å²) in [6, 6.07) is 16.3. The molecule has 0 aliphatic rings. The number of primary amides is 1. The number of carbonyl (C=O) groups excluding carboxylic acids is 4. The Morgan fingerprint density at radius 3 is 2.02 bits per heavy atom. The highest BCUT2D eigenvalue weighted by Gasteiger charge is 2.22. The molecule has 5 amide bonds. The Morgan fingerprint density at radius 1 is 0.793 bits per heavy atom. The fourth-order valence-corrected chi connectivity index (χ4v) is 5.66. The van der Waals surface area contributed by atoms with E-state index in [2.05, 4.69) is 31.3 Å². The third kappa shape index (κ3) is 17.9. The lowest BCUT2D eigenvalue weighted by atomic mass is 9.95. The van der Waals surface area contributed by atoms with Crippen molar-refractivity contribution in [2.24, 2.45) is 10.8 Å². The summed E-state index contributed by atoms with van der Waals surface area (Å²) in [4.78, 5) is 62.6. The zero-order chi connectivity index (χ0) is 42.0. The van der Waals surface area contributed by atoms with Gasteiger partial charge in [0, 0.05) is 30.3 Å². The molecule has 3 aromatic carbocycles. The molecule has 0 heterocycles. The van der Waals surface area contributed by atoms with Gasteiger partial charge in [-0.1, -0.05) is 59.7 Å². The highest BCUT2D eigenvalue weighted by Crippen LogP contribution is 2.35. The van der Waals surface area contributed by atoms with Crippen molar-refractivity contribution >= 4 is 40.5 Å². The van der Waals surface area contributed by atoms with Crippen LogP contribution in [0.3, 0.4) is 0 Å². The number of hydrogen-bond acceptors (Lipinski definition) is 11. The van der Waals surface area contributed by atoms with Gasteiger partial charge in [0.15, 0.2) is 0 Å². The van der Waals surface area contributed by atoms with E-state index in [1.807, 2.05) is 48.5 Å². The first-order chi connectivity index (χ1) is 28.1. The van der Waals surface area contributed by atoms with Crippen LogP contribution in [-0.2, 0) is 38.1 Å². The lowest BCUT2D eigenvalue weighted by molar-refractivity contribution is -0.138. The van der Waals surface area contributed by atoms with Crippen molar-refractivity contribution in [3.8, 4) is 16.9 Å². The number of rotatable bonds is 29. The van der Waals surface area contributed by atoms with Crippen LogP contribution in [0.15, 0.2) is 65.8 Å². The minimum absolute atomic E-state index is 0.180. The summed E-state index contributed by atoms with van der Waals surface area (Å²) in [7, 11) is 0. The van der Waals surface area contributed by atoms with E-state index in [9.17, 15) is 29.1 Å². The summed E-state index contributed by atoms with van der Waals surface area (Å²) in [5.74, 6) is -2.12. The minimum atomic E-state index is -1.13. The number of nitrogens with two attached hydrogens (primary N) is 1. The summed E-state index contributed by atoms with van der Waals surface area (Å²) in [5, 5.41) is 24.9. The summed E-state index contributed by atoms with van der Waals surface area (Å²) >= 11 is 0. The lowest BCUT2D eigenvalue weighted by Crippen LogP contribution is -2.49. The van der Waals surface area contributed by atoms with Gasteiger partial charge in [0.2, 0.25) is 17.7 Å². The highest BCUT2D eigenvalue weighted by atomic mass is 16.6. The van der Waals surface area contributed by atoms with Gasteiger partial charge in [0.1, 0.15) is 18.4 Å². The number of nitrogens with one attached hydrogen (secondary N) is 4. The van der Waals surface area contributed by atoms with Crippen molar-refractivity contribution < 1.29 is 52.8 Å². The molecular weight excluding hydrogens is 756 g/mol. The number of ether oxygens (including phenoxy) is 5. The SMILES string of the molecule is CC(=O)N[C@@H](CCCNC(N)=O)C(=O)NCC(=O)N[C@@H](CC(=O)O)c1ccc(-c2ccc(OCCOCCOCCOCCOCCN=[N+]=[N-])c3ccccc23)cc1. The van der Waals surface area contributed by atoms with Crippen LogP contribution in [0.5, 0.6) is 5.75 Å². The maximum atomic E-state index is 12.9. The van der Waals surface area contributed by atoms with E-state index in [0.29, 0.717) is 83.7 Å². The van der Waals surface area contributed by atoms with Crippen LogP contribution < -0.4 is 31.7 Å². The van der Waals surface area contributed by atoms with Crippen molar-refractivity contribution in [1.82, 2.24) is 21.3 Å². The van der Waals surface area contributed by atoms with Crippen LogP contribution in [0.2, 0.25) is 0 Å². The molecule has 19 nitrogen and oxygen atoms in total.